The Morgan fingerprint density at radius 3 is 2.80 bits per heavy atom. The first-order valence-corrected chi connectivity index (χ1v) is 9.92. The van der Waals surface area contributed by atoms with Crippen molar-refractivity contribution in [1.29, 1.82) is 0 Å². The predicted molar refractivity (Wildman–Crippen MR) is 115 cm³/mol. The molecule has 0 bridgehead atoms. The molecule has 8 heteroatoms. The van der Waals surface area contributed by atoms with Crippen molar-refractivity contribution in [2.24, 2.45) is 5.92 Å². The molecule has 4 heterocycles. The molecule has 0 unspecified atom stereocenters. The Morgan fingerprint density at radius 1 is 1.13 bits per heavy atom. The molecule has 30 heavy (non-hydrogen) atoms. The second-order valence-electron chi connectivity index (χ2n) is 7.37. The predicted octanol–water partition coefficient (Wildman–Crippen LogP) is 3.33. The number of hydrogen-bond donors (Lipinski definition) is 2. The monoisotopic (exact) mass is 399 g/mol. The molecule has 0 aromatic carbocycles. The van der Waals surface area contributed by atoms with Crippen molar-refractivity contribution < 1.29 is 4.79 Å². The number of aromatic nitrogens is 5. The molecule has 5 rings (SSSR count). The highest BCUT2D eigenvalue weighted by atomic mass is 16.2. The van der Waals surface area contributed by atoms with Gasteiger partial charge in [0.05, 0.1) is 17.9 Å². The first-order valence-electron chi connectivity index (χ1n) is 9.92. The van der Waals surface area contributed by atoms with Crippen LogP contribution in [0.25, 0.3) is 22.0 Å². The van der Waals surface area contributed by atoms with Crippen molar-refractivity contribution in [2.45, 2.75) is 19.4 Å². The Balaban J connectivity index is 1.52. The summed E-state index contributed by atoms with van der Waals surface area (Å²) >= 11 is 0. The molecular weight excluding hydrogens is 378 g/mol. The summed E-state index contributed by atoms with van der Waals surface area (Å²) in [5, 5.41) is 12.5. The third kappa shape index (κ3) is 3.59. The van der Waals surface area contributed by atoms with Gasteiger partial charge in [0.2, 0.25) is 5.91 Å². The Hall–Kier alpha value is -3.81. The lowest BCUT2D eigenvalue weighted by molar-refractivity contribution is -0.117. The summed E-state index contributed by atoms with van der Waals surface area (Å²) in [6.07, 6.45) is 9.15. The fourth-order valence-electron chi connectivity index (χ4n) is 3.43. The number of anilines is 2. The third-order valence-corrected chi connectivity index (χ3v) is 5.17. The molecule has 2 N–H and O–H groups in total. The van der Waals surface area contributed by atoms with E-state index in [4.69, 9.17) is 5.10 Å². The van der Waals surface area contributed by atoms with Crippen LogP contribution in [0, 0.1) is 5.92 Å². The zero-order valence-corrected chi connectivity index (χ0v) is 16.5. The van der Waals surface area contributed by atoms with Crippen LogP contribution in [0.2, 0.25) is 0 Å². The molecule has 0 radical (unpaired) electrons. The fourth-order valence-corrected chi connectivity index (χ4v) is 3.43. The van der Waals surface area contributed by atoms with Crippen LogP contribution in [-0.2, 0) is 11.3 Å². The largest absolute Gasteiger partial charge is 0.373 e. The summed E-state index contributed by atoms with van der Waals surface area (Å²) in [5.74, 6) is 1.43. The standard InChI is InChI=1S/C22H21N7O/c1-23-21-18-12-25-20(27-22(30)14-5-6-14)10-16(18)17(11-26-21)19-7-9-29(28-19)13-15-4-2-3-8-24-15/h2-4,7-12,14H,5-6,13H2,1H3,(H,23,26)(H,25,27,30). The van der Waals surface area contributed by atoms with Crippen molar-refractivity contribution in [2.75, 3.05) is 17.7 Å². The van der Waals surface area contributed by atoms with Crippen molar-refractivity contribution in [3.8, 4) is 11.3 Å². The molecule has 0 aliphatic heterocycles. The van der Waals surface area contributed by atoms with Gasteiger partial charge in [-0.15, -0.1) is 0 Å². The van der Waals surface area contributed by atoms with Gasteiger partial charge in [-0.05, 0) is 37.1 Å². The highest BCUT2D eigenvalue weighted by molar-refractivity contribution is 6.03. The number of nitrogens with zero attached hydrogens (tertiary/aromatic N) is 5. The topological polar surface area (TPSA) is 97.6 Å². The molecule has 4 aromatic heterocycles. The molecule has 1 aliphatic rings. The zero-order chi connectivity index (χ0) is 20.5. The molecular formula is C22H21N7O. The van der Waals surface area contributed by atoms with Gasteiger partial charge in [0.1, 0.15) is 11.6 Å². The van der Waals surface area contributed by atoms with Gasteiger partial charge in [-0.1, -0.05) is 6.07 Å². The molecule has 1 amide bonds. The molecule has 1 aliphatic carbocycles. The minimum absolute atomic E-state index is 0.0333. The van der Waals surface area contributed by atoms with Crippen molar-refractivity contribution in [1.82, 2.24) is 24.7 Å². The van der Waals surface area contributed by atoms with Crippen LogP contribution in [0.1, 0.15) is 18.5 Å². The maximum Gasteiger partial charge on any atom is 0.228 e. The number of hydrogen-bond acceptors (Lipinski definition) is 6. The Bertz CT molecular complexity index is 1210. The summed E-state index contributed by atoms with van der Waals surface area (Å²) in [4.78, 5) is 25.5. The maximum atomic E-state index is 12.2. The van der Waals surface area contributed by atoms with E-state index in [0.717, 1.165) is 46.4 Å². The number of rotatable bonds is 6. The fraction of sp³-hybridized carbons (Fsp3) is 0.227. The van der Waals surface area contributed by atoms with Crippen molar-refractivity contribution >= 4 is 28.3 Å². The van der Waals surface area contributed by atoms with Gasteiger partial charge in [0.25, 0.3) is 0 Å². The smallest absolute Gasteiger partial charge is 0.228 e. The lowest BCUT2D eigenvalue weighted by Crippen LogP contribution is -2.14. The normalized spacial score (nSPS) is 13.4. The molecule has 8 nitrogen and oxygen atoms in total. The van der Waals surface area contributed by atoms with Crippen molar-refractivity contribution in [3.05, 3.63) is 60.8 Å². The lowest BCUT2D eigenvalue weighted by atomic mass is 10.1. The SMILES string of the molecule is CNc1ncc(-c2ccn(Cc3ccccn3)n2)c2cc(NC(=O)C3CC3)ncc12. The summed E-state index contributed by atoms with van der Waals surface area (Å²) in [7, 11) is 1.83. The van der Waals surface area contributed by atoms with Gasteiger partial charge in [-0.3, -0.25) is 14.5 Å². The molecule has 0 spiro atoms. The van der Waals surface area contributed by atoms with Gasteiger partial charge < -0.3 is 10.6 Å². The van der Waals surface area contributed by atoms with E-state index in [9.17, 15) is 4.79 Å². The molecule has 150 valence electrons. The van der Waals surface area contributed by atoms with E-state index >= 15 is 0 Å². The lowest BCUT2D eigenvalue weighted by Gasteiger charge is -2.11. The number of pyridine rings is 3. The van der Waals surface area contributed by atoms with E-state index in [-0.39, 0.29) is 11.8 Å². The number of carbonyl (C=O) groups excluding carboxylic acids is 1. The summed E-state index contributed by atoms with van der Waals surface area (Å²) in [5.41, 5.74) is 2.62. The molecule has 0 atom stereocenters. The van der Waals surface area contributed by atoms with Crippen LogP contribution in [0.3, 0.4) is 0 Å². The van der Waals surface area contributed by atoms with Crippen LogP contribution >= 0.6 is 0 Å². The minimum atomic E-state index is 0.0333. The minimum Gasteiger partial charge on any atom is -0.373 e. The Morgan fingerprint density at radius 2 is 2.03 bits per heavy atom. The molecule has 1 fully saturated rings. The van der Waals surface area contributed by atoms with E-state index in [0.29, 0.717) is 12.4 Å². The molecule has 0 saturated heterocycles. The highest BCUT2D eigenvalue weighted by Crippen LogP contribution is 2.33. The van der Waals surface area contributed by atoms with E-state index in [1.807, 2.05) is 48.3 Å². The number of fused-ring (bicyclic) bond motifs is 1. The van der Waals surface area contributed by atoms with Crippen LogP contribution in [-0.4, -0.2) is 37.7 Å². The third-order valence-electron chi connectivity index (χ3n) is 5.17. The van der Waals surface area contributed by atoms with Crippen LogP contribution in [0.15, 0.2) is 55.1 Å². The average molecular weight is 399 g/mol. The van der Waals surface area contributed by atoms with Gasteiger partial charge in [-0.2, -0.15) is 5.10 Å². The van der Waals surface area contributed by atoms with E-state index in [2.05, 4.69) is 25.6 Å². The number of amides is 1. The van der Waals surface area contributed by atoms with E-state index in [1.165, 1.54) is 0 Å². The van der Waals surface area contributed by atoms with Crippen LogP contribution in [0.5, 0.6) is 0 Å². The number of carbonyl (C=O) groups is 1. The second kappa shape index (κ2) is 7.55. The van der Waals surface area contributed by atoms with Crippen LogP contribution < -0.4 is 10.6 Å². The average Bonchev–Trinajstić information content (AvgIpc) is 3.53. The van der Waals surface area contributed by atoms with Crippen molar-refractivity contribution in [3.63, 3.8) is 0 Å². The summed E-state index contributed by atoms with van der Waals surface area (Å²) < 4.78 is 1.85. The molecule has 4 aromatic rings. The highest BCUT2D eigenvalue weighted by Gasteiger charge is 2.29. The zero-order valence-electron chi connectivity index (χ0n) is 16.5. The Labute approximate surface area is 173 Å². The number of nitrogens with one attached hydrogen (secondary N) is 2. The summed E-state index contributed by atoms with van der Waals surface area (Å²) in [6, 6.07) is 9.69. The first kappa shape index (κ1) is 18.2. The van der Waals surface area contributed by atoms with Gasteiger partial charge >= 0.3 is 0 Å². The van der Waals surface area contributed by atoms with Gasteiger partial charge in [-0.25, -0.2) is 9.97 Å². The second-order valence-corrected chi connectivity index (χ2v) is 7.37. The Kier molecular flexibility index (Phi) is 4.59. The van der Waals surface area contributed by atoms with E-state index < -0.39 is 0 Å². The van der Waals surface area contributed by atoms with Gasteiger partial charge in [0.15, 0.2) is 0 Å². The first-order chi connectivity index (χ1) is 14.7. The summed E-state index contributed by atoms with van der Waals surface area (Å²) in [6.45, 7) is 0.588. The van der Waals surface area contributed by atoms with Gasteiger partial charge in [0, 0.05) is 54.1 Å². The maximum absolute atomic E-state index is 12.2. The quantitative estimate of drug-likeness (QED) is 0.516. The van der Waals surface area contributed by atoms with Crippen LogP contribution in [0.4, 0.5) is 11.6 Å². The molecule has 1 saturated carbocycles. The van der Waals surface area contributed by atoms with E-state index in [1.54, 1.807) is 18.6 Å².